The van der Waals surface area contributed by atoms with Gasteiger partial charge in [0.15, 0.2) is 11.7 Å². The van der Waals surface area contributed by atoms with Crippen molar-refractivity contribution in [2.45, 2.75) is 76.7 Å². The third-order valence-electron chi connectivity index (χ3n) is 10.9. The molecule has 2 saturated carbocycles. The molecule has 6 rings (SSSR count). The Morgan fingerprint density at radius 3 is 1.98 bits per heavy atom. The summed E-state index contributed by atoms with van der Waals surface area (Å²) in [4.78, 5) is 53.2. The van der Waals surface area contributed by atoms with Crippen molar-refractivity contribution in [2.75, 3.05) is 6.61 Å². The van der Waals surface area contributed by atoms with Gasteiger partial charge in [0.2, 0.25) is 0 Å². The summed E-state index contributed by atoms with van der Waals surface area (Å²) in [5.41, 5.74) is -3.17. The van der Waals surface area contributed by atoms with Crippen molar-refractivity contribution in [3.8, 4) is 0 Å². The number of fused-ring (bicyclic) bond motifs is 1. The maximum Gasteiger partial charge on any atom is 0.338 e. The standard InChI is InChI=1S/C38H42O10/c1-21(2)27-17-18-28(46-33(42)25-13-9-7-10-14-25)37-20-44-36(6,31(27)37)35(47-34(43)26-15-11-8-12-16-26)38(48-24(5)40)19-22(3)30(45-23(4)39)29(38)32(37)41/h7-18,22,27-32,35,41H,1,19-20H2,2-6H3. The lowest BCUT2D eigenvalue weighted by molar-refractivity contribution is -0.234. The number of benzene rings is 2. The SMILES string of the molecule is C=C(C)C1C=CC(OC(=O)c2ccccc2)C23COC(C)(C(OC(=O)c4ccccc4)C4(OC(C)=O)CC(C)C(OC(C)=O)C4C2O)C13. The Morgan fingerprint density at radius 1 is 0.854 bits per heavy atom. The summed E-state index contributed by atoms with van der Waals surface area (Å²) in [6, 6.07) is 16.9. The molecule has 4 aliphatic rings. The van der Waals surface area contributed by atoms with Crippen LogP contribution in [0, 0.1) is 29.1 Å². The minimum Gasteiger partial charge on any atom is -0.462 e. The van der Waals surface area contributed by atoms with E-state index in [2.05, 4.69) is 6.58 Å². The highest BCUT2D eigenvalue weighted by Gasteiger charge is 2.81. The van der Waals surface area contributed by atoms with E-state index >= 15 is 0 Å². The molecule has 3 aliphatic carbocycles. The highest BCUT2D eigenvalue weighted by molar-refractivity contribution is 5.90. The van der Waals surface area contributed by atoms with Crippen LogP contribution in [0.3, 0.4) is 0 Å². The predicted octanol–water partition coefficient (Wildman–Crippen LogP) is 4.86. The molecule has 10 heteroatoms. The van der Waals surface area contributed by atoms with E-state index in [0.29, 0.717) is 5.56 Å². The van der Waals surface area contributed by atoms with Gasteiger partial charge in [0, 0.05) is 25.7 Å². The number of ether oxygens (including phenoxy) is 5. The smallest absolute Gasteiger partial charge is 0.338 e. The normalized spacial score (nSPS) is 37.7. The van der Waals surface area contributed by atoms with Gasteiger partial charge in [0.1, 0.15) is 17.8 Å². The van der Waals surface area contributed by atoms with Crippen molar-refractivity contribution in [2.24, 2.45) is 29.1 Å². The molecule has 0 spiro atoms. The molecule has 11 unspecified atom stereocenters. The average molecular weight is 659 g/mol. The predicted molar refractivity (Wildman–Crippen MR) is 172 cm³/mol. The van der Waals surface area contributed by atoms with Crippen LogP contribution in [-0.4, -0.2) is 71.2 Å². The molecular formula is C38H42O10. The van der Waals surface area contributed by atoms with Crippen molar-refractivity contribution in [3.63, 3.8) is 0 Å². The summed E-state index contributed by atoms with van der Waals surface area (Å²) in [5.74, 6) is -5.22. The van der Waals surface area contributed by atoms with E-state index in [1.54, 1.807) is 73.7 Å². The molecule has 1 saturated heterocycles. The van der Waals surface area contributed by atoms with E-state index in [1.807, 2.05) is 19.9 Å². The maximum atomic E-state index is 14.0. The summed E-state index contributed by atoms with van der Waals surface area (Å²) in [6.07, 6.45) is -1.01. The topological polar surface area (TPSA) is 135 Å². The highest BCUT2D eigenvalue weighted by Crippen LogP contribution is 2.68. The number of aliphatic hydroxyl groups excluding tert-OH is 1. The number of rotatable bonds is 7. The maximum absolute atomic E-state index is 14.0. The van der Waals surface area contributed by atoms with E-state index in [0.717, 1.165) is 5.57 Å². The summed E-state index contributed by atoms with van der Waals surface area (Å²) < 4.78 is 31.7. The monoisotopic (exact) mass is 658 g/mol. The van der Waals surface area contributed by atoms with Gasteiger partial charge in [-0.1, -0.05) is 61.5 Å². The van der Waals surface area contributed by atoms with E-state index in [4.69, 9.17) is 23.7 Å². The first kappa shape index (κ1) is 33.6. The zero-order valence-corrected chi connectivity index (χ0v) is 27.8. The lowest BCUT2D eigenvalue weighted by atomic mass is 9.55. The zero-order valence-electron chi connectivity index (χ0n) is 27.8. The molecule has 2 aromatic rings. The molecule has 0 radical (unpaired) electrons. The number of allylic oxidation sites excluding steroid dienone is 2. The van der Waals surface area contributed by atoms with Gasteiger partial charge in [-0.3, -0.25) is 9.59 Å². The summed E-state index contributed by atoms with van der Waals surface area (Å²) >= 11 is 0. The van der Waals surface area contributed by atoms with Crippen molar-refractivity contribution >= 4 is 23.9 Å². The summed E-state index contributed by atoms with van der Waals surface area (Å²) in [6.45, 7) is 12.2. The lowest BCUT2D eigenvalue weighted by Crippen LogP contribution is -2.64. The molecule has 1 heterocycles. The van der Waals surface area contributed by atoms with Crippen LogP contribution < -0.4 is 0 Å². The third kappa shape index (κ3) is 5.17. The van der Waals surface area contributed by atoms with Crippen LogP contribution >= 0.6 is 0 Å². The van der Waals surface area contributed by atoms with Crippen LogP contribution in [0.25, 0.3) is 0 Å². The van der Waals surface area contributed by atoms with Gasteiger partial charge in [-0.2, -0.15) is 0 Å². The first-order valence-electron chi connectivity index (χ1n) is 16.3. The molecule has 254 valence electrons. The molecule has 2 bridgehead atoms. The van der Waals surface area contributed by atoms with E-state index in [9.17, 15) is 24.3 Å². The largest absolute Gasteiger partial charge is 0.462 e. The Labute approximate surface area is 280 Å². The molecule has 10 nitrogen and oxygen atoms in total. The van der Waals surface area contributed by atoms with Crippen molar-refractivity contribution < 1.29 is 48.0 Å². The average Bonchev–Trinajstić information content (AvgIpc) is 3.50. The van der Waals surface area contributed by atoms with Gasteiger partial charge in [0.05, 0.1) is 35.2 Å². The van der Waals surface area contributed by atoms with Crippen molar-refractivity contribution in [1.82, 2.24) is 0 Å². The molecule has 48 heavy (non-hydrogen) atoms. The van der Waals surface area contributed by atoms with Crippen LogP contribution in [-0.2, 0) is 33.3 Å². The Hall–Kier alpha value is -4.28. The van der Waals surface area contributed by atoms with Crippen LogP contribution in [0.2, 0.25) is 0 Å². The third-order valence-corrected chi connectivity index (χ3v) is 10.9. The second-order valence-corrected chi connectivity index (χ2v) is 13.9. The fourth-order valence-electron chi connectivity index (χ4n) is 9.20. The Balaban J connectivity index is 1.59. The van der Waals surface area contributed by atoms with Crippen molar-refractivity contribution in [3.05, 3.63) is 96.1 Å². The van der Waals surface area contributed by atoms with Gasteiger partial charge >= 0.3 is 23.9 Å². The molecule has 0 amide bonds. The fourth-order valence-corrected chi connectivity index (χ4v) is 9.20. The molecule has 11 atom stereocenters. The van der Waals surface area contributed by atoms with E-state index < -0.39 is 88.6 Å². The quantitative estimate of drug-likeness (QED) is 0.250. The Bertz CT molecular complexity index is 1640. The van der Waals surface area contributed by atoms with Gasteiger partial charge < -0.3 is 28.8 Å². The second-order valence-electron chi connectivity index (χ2n) is 13.9. The summed E-state index contributed by atoms with van der Waals surface area (Å²) in [7, 11) is 0. The number of hydrogen-bond donors (Lipinski definition) is 1. The van der Waals surface area contributed by atoms with Crippen LogP contribution in [0.4, 0.5) is 0 Å². The zero-order chi connectivity index (χ0) is 34.6. The van der Waals surface area contributed by atoms with Gasteiger partial charge in [-0.05, 0) is 56.5 Å². The minimum atomic E-state index is -1.71. The van der Waals surface area contributed by atoms with Crippen LogP contribution in [0.5, 0.6) is 0 Å². The Kier molecular flexibility index (Phi) is 8.62. The minimum absolute atomic E-state index is 0.0837. The van der Waals surface area contributed by atoms with Crippen LogP contribution in [0.1, 0.15) is 61.8 Å². The first-order valence-corrected chi connectivity index (χ1v) is 16.3. The molecule has 1 aliphatic heterocycles. The molecule has 2 aromatic carbocycles. The number of aliphatic hydroxyl groups is 1. The molecule has 0 aromatic heterocycles. The van der Waals surface area contributed by atoms with Crippen molar-refractivity contribution in [1.29, 1.82) is 0 Å². The van der Waals surface area contributed by atoms with Gasteiger partial charge in [-0.15, -0.1) is 0 Å². The number of carbonyl (C=O) groups excluding carboxylic acids is 4. The van der Waals surface area contributed by atoms with Gasteiger partial charge in [-0.25, -0.2) is 9.59 Å². The summed E-state index contributed by atoms with van der Waals surface area (Å²) in [5, 5.41) is 13.0. The number of esters is 4. The molecule has 1 N–H and O–H groups in total. The number of carbonyl (C=O) groups is 4. The van der Waals surface area contributed by atoms with Gasteiger partial charge in [0.25, 0.3) is 0 Å². The number of hydrogen-bond acceptors (Lipinski definition) is 10. The Morgan fingerprint density at radius 2 is 1.44 bits per heavy atom. The fraction of sp³-hybridized carbons (Fsp3) is 0.474. The molecular weight excluding hydrogens is 616 g/mol. The molecule has 3 fully saturated rings. The van der Waals surface area contributed by atoms with E-state index in [-0.39, 0.29) is 18.6 Å². The lowest BCUT2D eigenvalue weighted by Gasteiger charge is -2.50. The van der Waals surface area contributed by atoms with Crippen LogP contribution in [0.15, 0.2) is 85.0 Å². The highest BCUT2D eigenvalue weighted by atomic mass is 16.6. The first-order chi connectivity index (χ1) is 22.8. The van der Waals surface area contributed by atoms with E-state index in [1.165, 1.54) is 13.8 Å². The second kappa shape index (κ2) is 12.3.